The molecule has 0 radical (unpaired) electrons. The van der Waals surface area contributed by atoms with Gasteiger partial charge >= 0.3 is 0 Å². The monoisotopic (exact) mass is 331 g/mol. The highest BCUT2D eigenvalue weighted by atomic mass is 19.1. The van der Waals surface area contributed by atoms with Gasteiger partial charge in [0.15, 0.2) is 0 Å². The van der Waals surface area contributed by atoms with Crippen LogP contribution in [-0.4, -0.2) is 33.3 Å². The molecule has 24 heavy (non-hydrogen) atoms. The van der Waals surface area contributed by atoms with E-state index in [-0.39, 0.29) is 29.1 Å². The van der Waals surface area contributed by atoms with Crippen LogP contribution in [0.2, 0.25) is 0 Å². The summed E-state index contributed by atoms with van der Waals surface area (Å²) in [6.45, 7) is 0.623. The number of aromatic nitrogens is 1. The second-order valence-electron chi connectivity index (χ2n) is 6.01. The van der Waals surface area contributed by atoms with Crippen molar-refractivity contribution in [2.45, 2.75) is 31.7 Å². The van der Waals surface area contributed by atoms with Gasteiger partial charge in [-0.25, -0.2) is 4.39 Å². The molecule has 0 bridgehead atoms. The number of carbonyl (C=O) groups is 1. The van der Waals surface area contributed by atoms with E-state index in [0.717, 1.165) is 24.8 Å². The van der Waals surface area contributed by atoms with Crippen LogP contribution in [0.5, 0.6) is 0 Å². The fourth-order valence-electron chi connectivity index (χ4n) is 3.14. The van der Waals surface area contributed by atoms with Gasteiger partial charge < -0.3 is 9.88 Å². The van der Waals surface area contributed by atoms with E-state index in [1.165, 1.54) is 24.4 Å². The Morgan fingerprint density at radius 2 is 2.08 bits per heavy atom. The van der Waals surface area contributed by atoms with Gasteiger partial charge in [-0.1, -0.05) is 12.1 Å². The number of carbonyl (C=O) groups excluding carboxylic acids is 1. The Balaban J connectivity index is 1.76. The van der Waals surface area contributed by atoms with E-state index in [2.05, 4.69) is 4.98 Å². The molecule has 1 amide bonds. The van der Waals surface area contributed by atoms with Crippen LogP contribution in [0.15, 0.2) is 36.5 Å². The van der Waals surface area contributed by atoms with Crippen molar-refractivity contribution >= 4 is 11.6 Å². The van der Waals surface area contributed by atoms with Gasteiger partial charge in [0, 0.05) is 18.7 Å². The minimum atomic E-state index is -0.528. The number of aromatic amines is 1. The summed E-state index contributed by atoms with van der Waals surface area (Å²) < 4.78 is 13.0. The second-order valence-corrected chi connectivity index (χ2v) is 6.01. The fraction of sp³-hybridized carbons (Fsp3) is 0.353. The molecule has 0 saturated carbocycles. The molecule has 1 N–H and O–H groups in total. The summed E-state index contributed by atoms with van der Waals surface area (Å²) in [5.41, 5.74) is 1.08. The Morgan fingerprint density at radius 1 is 1.33 bits per heavy atom. The van der Waals surface area contributed by atoms with E-state index in [0.29, 0.717) is 13.0 Å². The lowest BCUT2D eigenvalue weighted by molar-refractivity contribution is -0.384. The van der Waals surface area contributed by atoms with Crippen molar-refractivity contribution in [2.75, 3.05) is 6.54 Å². The van der Waals surface area contributed by atoms with Gasteiger partial charge in [0.25, 0.3) is 11.6 Å². The van der Waals surface area contributed by atoms with Crippen LogP contribution in [-0.2, 0) is 6.42 Å². The summed E-state index contributed by atoms with van der Waals surface area (Å²) in [5, 5.41) is 10.8. The average molecular weight is 331 g/mol. The van der Waals surface area contributed by atoms with Gasteiger partial charge in [-0.15, -0.1) is 0 Å². The third-order valence-corrected chi connectivity index (χ3v) is 4.38. The van der Waals surface area contributed by atoms with Gasteiger partial charge in [-0.05, 0) is 43.4 Å². The Bertz CT molecular complexity index is 742. The first-order valence-corrected chi connectivity index (χ1v) is 7.93. The number of nitrogens with one attached hydrogen (secondary N) is 1. The molecule has 3 rings (SSSR count). The van der Waals surface area contributed by atoms with Crippen molar-refractivity contribution in [3.8, 4) is 0 Å². The largest absolute Gasteiger partial charge is 0.351 e. The first-order chi connectivity index (χ1) is 11.5. The molecule has 1 atom stereocenters. The van der Waals surface area contributed by atoms with Gasteiger partial charge in [0.05, 0.1) is 11.1 Å². The number of piperidine rings is 1. The van der Waals surface area contributed by atoms with Crippen LogP contribution in [0, 0.1) is 15.9 Å². The second kappa shape index (κ2) is 6.82. The van der Waals surface area contributed by atoms with Crippen LogP contribution in [0.3, 0.4) is 0 Å². The minimum absolute atomic E-state index is 0.0130. The molecular weight excluding hydrogens is 313 g/mol. The van der Waals surface area contributed by atoms with Crippen molar-refractivity contribution in [3.63, 3.8) is 0 Å². The summed E-state index contributed by atoms with van der Waals surface area (Å²) in [6.07, 6.45) is 4.68. The predicted molar refractivity (Wildman–Crippen MR) is 86.2 cm³/mol. The molecular formula is C17H18FN3O3. The zero-order valence-corrected chi connectivity index (χ0v) is 13.1. The van der Waals surface area contributed by atoms with E-state index in [1.807, 2.05) is 0 Å². The third-order valence-electron chi connectivity index (χ3n) is 4.38. The molecule has 1 saturated heterocycles. The SMILES string of the molecule is O=C(c1cc([N+](=O)[O-])c[nH]1)N1CCCCC1Cc1ccc(F)cc1. The number of rotatable bonds is 4. The van der Waals surface area contributed by atoms with E-state index in [1.54, 1.807) is 17.0 Å². The number of H-pyrrole nitrogens is 1. The average Bonchev–Trinajstić information content (AvgIpc) is 3.07. The molecule has 126 valence electrons. The quantitative estimate of drug-likeness (QED) is 0.689. The van der Waals surface area contributed by atoms with Gasteiger partial charge in [0.2, 0.25) is 0 Å². The molecule has 2 heterocycles. The van der Waals surface area contributed by atoms with E-state index < -0.39 is 4.92 Å². The fourth-order valence-corrected chi connectivity index (χ4v) is 3.14. The van der Waals surface area contributed by atoms with E-state index in [4.69, 9.17) is 0 Å². The molecule has 1 aliphatic heterocycles. The number of nitrogens with zero attached hydrogens (tertiary/aromatic N) is 2. The van der Waals surface area contributed by atoms with E-state index in [9.17, 15) is 19.3 Å². The normalized spacial score (nSPS) is 17.7. The van der Waals surface area contributed by atoms with Gasteiger partial charge in [-0.2, -0.15) is 0 Å². The van der Waals surface area contributed by atoms with Crippen molar-refractivity contribution in [3.05, 3.63) is 63.7 Å². The molecule has 6 nitrogen and oxygen atoms in total. The Labute approximate surface area is 138 Å². The van der Waals surface area contributed by atoms with E-state index >= 15 is 0 Å². The summed E-state index contributed by atoms with van der Waals surface area (Å²) in [5.74, 6) is -0.510. The maximum absolute atomic E-state index is 13.0. The third kappa shape index (κ3) is 3.45. The molecule has 7 heteroatoms. The standard InChI is InChI=1S/C17H18FN3O3/c18-13-6-4-12(5-7-13)9-14-3-1-2-8-20(14)17(22)16-10-15(11-19-16)21(23)24/h4-7,10-11,14,19H,1-3,8-9H2. The molecule has 2 aromatic rings. The van der Waals surface area contributed by atoms with Crippen molar-refractivity contribution in [1.29, 1.82) is 0 Å². The smallest absolute Gasteiger partial charge is 0.287 e. The first kappa shape index (κ1) is 16.2. The summed E-state index contributed by atoms with van der Waals surface area (Å²) in [6, 6.07) is 7.57. The van der Waals surface area contributed by atoms with Crippen LogP contribution in [0.4, 0.5) is 10.1 Å². The lowest BCUT2D eigenvalue weighted by Gasteiger charge is -2.35. The minimum Gasteiger partial charge on any atom is -0.351 e. The lowest BCUT2D eigenvalue weighted by Crippen LogP contribution is -2.45. The number of nitro groups is 1. The molecule has 1 aromatic heterocycles. The van der Waals surface area contributed by atoms with Crippen LogP contribution < -0.4 is 0 Å². The molecule has 1 unspecified atom stereocenters. The zero-order valence-electron chi connectivity index (χ0n) is 13.1. The molecule has 1 aliphatic rings. The number of amides is 1. The highest BCUT2D eigenvalue weighted by Crippen LogP contribution is 2.24. The zero-order chi connectivity index (χ0) is 17.1. The maximum atomic E-state index is 13.0. The molecule has 1 aromatic carbocycles. The summed E-state index contributed by atoms with van der Waals surface area (Å²) >= 11 is 0. The van der Waals surface area contributed by atoms with Gasteiger partial charge in [0.1, 0.15) is 11.5 Å². The Hall–Kier alpha value is -2.70. The highest BCUT2D eigenvalue weighted by Gasteiger charge is 2.29. The summed E-state index contributed by atoms with van der Waals surface area (Å²) in [4.78, 5) is 27.4. The topological polar surface area (TPSA) is 79.2 Å². The number of likely N-dealkylation sites (tertiary alicyclic amines) is 1. The van der Waals surface area contributed by atoms with Gasteiger partial charge in [-0.3, -0.25) is 14.9 Å². The maximum Gasteiger partial charge on any atom is 0.287 e. The Kier molecular flexibility index (Phi) is 4.59. The number of hydrogen-bond acceptors (Lipinski definition) is 3. The van der Waals surface area contributed by atoms with Crippen molar-refractivity contribution in [2.24, 2.45) is 0 Å². The highest BCUT2D eigenvalue weighted by molar-refractivity contribution is 5.93. The summed E-state index contributed by atoms with van der Waals surface area (Å²) in [7, 11) is 0. The van der Waals surface area contributed by atoms with Crippen LogP contribution >= 0.6 is 0 Å². The van der Waals surface area contributed by atoms with Crippen LogP contribution in [0.1, 0.15) is 35.3 Å². The Morgan fingerprint density at radius 3 is 2.75 bits per heavy atom. The van der Waals surface area contributed by atoms with Crippen LogP contribution in [0.25, 0.3) is 0 Å². The molecule has 1 fully saturated rings. The van der Waals surface area contributed by atoms with Crippen molar-refractivity contribution in [1.82, 2.24) is 9.88 Å². The number of halogens is 1. The predicted octanol–water partition coefficient (Wildman–Crippen LogP) is 3.30. The van der Waals surface area contributed by atoms with Crippen molar-refractivity contribution < 1.29 is 14.1 Å². The lowest BCUT2D eigenvalue weighted by atomic mass is 9.95. The molecule has 0 aliphatic carbocycles. The number of benzene rings is 1. The molecule has 0 spiro atoms. The first-order valence-electron chi connectivity index (χ1n) is 7.93. The number of hydrogen-bond donors (Lipinski definition) is 1.